The molecule has 7 nitrogen and oxygen atoms in total. The fraction of sp³-hybridized carbons (Fsp3) is 0.615. The van der Waals surface area contributed by atoms with Crippen molar-refractivity contribution in [2.75, 3.05) is 31.9 Å². The predicted octanol–water partition coefficient (Wildman–Crippen LogP) is -0.303. The highest BCUT2D eigenvalue weighted by Gasteiger charge is 2.35. The van der Waals surface area contributed by atoms with Gasteiger partial charge in [0.1, 0.15) is 0 Å². The second-order valence-corrected chi connectivity index (χ2v) is 5.50. The van der Waals surface area contributed by atoms with Crippen LogP contribution in [0.15, 0.2) is 6.20 Å². The Morgan fingerprint density at radius 2 is 1.80 bits per heavy atom. The van der Waals surface area contributed by atoms with Gasteiger partial charge < -0.3 is 15.5 Å². The molecule has 0 aromatic carbocycles. The number of aryl methyl sites for hydroxylation is 1. The molecule has 1 saturated heterocycles. The van der Waals surface area contributed by atoms with Crippen LogP contribution in [0.1, 0.15) is 23.3 Å². The molecule has 0 bridgehead atoms. The van der Waals surface area contributed by atoms with E-state index in [2.05, 4.69) is 5.10 Å². The predicted molar refractivity (Wildman–Crippen MR) is 72.8 cm³/mol. The summed E-state index contributed by atoms with van der Waals surface area (Å²) in [5.41, 5.74) is 6.47. The van der Waals surface area contributed by atoms with Crippen LogP contribution in [0.25, 0.3) is 0 Å². The van der Waals surface area contributed by atoms with Gasteiger partial charge in [0, 0.05) is 45.3 Å². The van der Waals surface area contributed by atoms with E-state index in [0.717, 1.165) is 12.8 Å². The highest BCUT2D eigenvalue weighted by molar-refractivity contribution is 5.97. The lowest BCUT2D eigenvalue weighted by molar-refractivity contribution is -0.134. The standard InChI is InChI=1S/C13H19N5O2/c1-16-8-10(14)11(15-16)13(20)18-6-4-17(5-7-18)12(19)9-2-3-9/h8-9H,2-7,14H2,1H3. The molecule has 2 heterocycles. The van der Waals surface area contributed by atoms with Crippen LogP contribution < -0.4 is 5.73 Å². The van der Waals surface area contributed by atoms with Crippen molar-refractivity contribution in [2.45, 2.75) is 12.8 Å². The Morgan fingerprint density at radius 3 is 2.30 bits per heavy atom. The SMILES string of the molecule is Cn1cc(N)c(C(=O)N2CCN(C(=O)C3CC3)CC2)n1. The van der Waals surface area contributed by atoms with Crippen molar-refractivity contribution in [1.82, 2.24) is 19.6 Å². The molecule has 3 rings (SSSR count). The lowest BCUT2D eigenvalue weighted by atomic mass is 10.2. The maximum atomic E-state index is 12.3. The van der Waals surface area contributed by atoms with E-state index >= 15 is 0 Å². The highest BCUT2D eigenvalue weighted by atomic mass is 16.2. The minimum absolute atomic E-state index is 0.151. The summed E-state index contributed by atoms with van der Waals surface area (Å²) in [5.74, 6) is 0.333. The molecule has 1 aliphatic carbocycles. The van der Waals surface area contributed by atoms with Crippen molar-refractivity contribution < 1.29 is 9.59 Å². The summed E-state index contributed by atoms with van der Waals surface area (Å²) in [5, 5.41) is 4.10. The van der Waals surface area contributed by atoms with E-state index in [1.54, 1.807) is 18.1 Å². The molecule has 0 unspecified atom stereocenters. The maximum Gasteiger partial charge on any atom is 0.276 e. The van der Waals surface area contributed by atoms with Crippen molar-refractivity contribution in [3.63, 3.8) is 0 Å². The Morgan fingerprint density at radius 1 is 1.20 bits per heavy atom. The van der Waals surface area contributed by atoms with Gasteiger partial charge in [0.05, 0.1) is 5.69 Å². The quantitative estimate of drug-likeness (QED) is 0.804. The van der Waals surface area contributed by atoms with E-state index in [0.29, 0.717) is 37.6 Å². The average molecular weight is 277 g/mol. The lowest BCUT2D eigenvalue weighted by Crippen LogP contribution is -2.51. The molecule has 2 fully saturated rings. The topological polar surface area (TPSA) is 84.5 Å². The molecule has 0 radical (unpaired) electrons. The Bertz CT molecular complexity index is 541. The first-order valence-corrected chi connectivity index (χ1v) is 6.93. The number of aromatic nitrogens is 2. The van der Waals surface area contributed by atoms with Crippen LogP contribution in [0.2, 0.25) is 0 Å². The van der Waals surface area contributed by atoms with Gasteiger partial charge in [-0.15, -0.1) is 0 Å². The summed E-state index contributed by atoms with van der Waals surface area (Å²) in [6.07, 6.45) is 3.66. The van der Waals surface area contributed by atoms with Crippen LogP contribution in [0.4, 0.5) is 5.69 Å². The minimum atomic E-state index is -0.151. The van der Waals surface area contributed by atoms with Gasteiger partial charge in [0.2, 0.25) is 5.91 Å². The summed E-state index contributed by atoms with van der Waals surface area (Å²) >= 11 is 0. The number of nitrogens with two attached hydrogens (primary N) is 1. The fourth-order valence-corrected chi connectivity index (χ4v) is 2.54. The lowest BCUT2D eigenvalue weighted by Gasteiger charge is -2.34. The molecule has 1 aliphatic heterocycles. The maximum absolute atomic E-state index is 12.3. The fourth-order valence-electron chi connectivity index (χ4n) is 2.54. The Hall–Kier alpha value is -2.05. The summed E-state index contributed by atoms with van der Waals surface area (Å²) in [4.78, 5) is 27.9. The van der Waals surface area contributed by atoms with Gasteiger partial charge in [-0.25, -0.2) is 0 Å². The third kappa shape index (κ3) is 2.35. The second kappa shape index (κ2) is 4.81. The zero-order chi connectivity index (χ0) is 14.3. The van der Waals surface area contributed by atoms with Crippen molar-refractivity contribution in [3.8, 4) is 0 Å². The average Bonchev–Trinajstić information content (AvgIpc) is 3.23. The number of rotatable bonds is 2. The second-order valence-electron chi connectivity index (χ2n) is 5.50. The van der Waals surface area contributed by atoms with Gasteiger partial charge >= 0.3 is 0 Å². The monoisotopic (exact) mass is 277 g/mol. The third-order valence-corrected chi connectivity index (χ3v) is 3.86. The molecule has 1 aromatic rings. The zero-order valence-corrected chi connectivity index (χ0v) is 11.6. The van der Waals surface area contributed by atoms with Crippen LogP contribution in [0.5, 0.6) is 0 Å². The number of carbonyl (C=O) groups is 2. The summed E-state index contributed by atoms with van der Waals surface area (Å²) in [6, 6.07) is 0. The number of amides is 2. The first kappa shape index (κ1) is 13.0. The van der Waals surface area contributed by atoms with Gasteiger partial charge in [0.25, 0.3) is 5.91 Å². The van der Waals surface area contributed by atoms with E-state index < -0.39 is 0 Å². The number of nitrogens with zero attached hydrogens (tertiary/aromatic N) is 4. The minimum Gasteiger partial charge on any atom is -0.396 e. The Balaban J connectivity index is 1.61. The summed E-state index contributed by atoms with van der Waals surface area (Å²) in [7, 11) is 1.74. The molecule has 0 atom stereocenters. The molecule has 7 heteroatoms. The van der Waals surface area contributed by atoms with E-state index in [-0.39, 0.29) is 17.7 Å². The number of hydrogen-bond acceptors (Lipinski definition) is 4. The summed E-state index contributed by atoms with van der Waals surface area (Å²) in [6.45, 7) is 2.31. The molecular weight excluding hydrogens is 258 g/mol. The Kier molecular flexibility index (Phi) is 3.11. The van der Waals surface area contributed by atoms with Crippen molar-refractivity contribution >= 4 is 17.5 Å². The molecule has 2 N–H and O–H groups in total. The molecule has 2 aliphatic rings. The number of piperazine rings is 1. The number of hydrogen-bond donors (Lipinski definition) is 1. The van der Waals surface area contributed by atoms with Crippen LogP contribution in [-0.4, -0.2) is 57.6 Å². The van der Waals surface area contributed by atoms with Gasteiger partial charge in [-0.2, -0.15) is 5.10 Å². The first-order chi connectivity index (χ1) is 9.56. The van der Waals surface area contributed by atoms with E-state index in [1.807, 2.05) is 4.90 Å². The highest BCUT2D eigenvalue weighted by Crippen LogP contribution is 2.31. The van der Waals surface area contributed by atoms with Crippen LogP contribution in [0.3, 0.4) is 0 Å². The molecule has 1 aromatic heterocycles. The van der Waals surface area contributed by atoms with Crippen LogP contribution >= 0.6 is 0 Å². The van der Waals surface area contributed by atoms with Crippen molar-refractivity contribution in [1.29, 1.82) is 0 Å². The van der Waals surface area contributed by atoms with Crippen LogP contribution in [-0.2, 0) is 11.8 Å². The first-order valence-electron chi connectivity index (χ1n) is 6.93. The van der Waals surface area contributed by atoms with E-state index in [9.17, 15) is 9.59 Å². The normalized spacial score (nSPS) is 19.2. The summed E-state index contributed by atoms with van der Waals surface area (Å²) < 4.78 is 1.54. The molecule has 0 spiro atoms. The van der Waals surface area contributed by atoms with E-state index in [1.165, 1.54) is 4.68 Å². The van der Waals surface area contributed by atoms with Crippen molar-refractivity contribution in [3.05, 3.63) is 11.9 Å². The molecule has 1 saturated carbocycles. The van der Waals surface area contributed by atoms with Gasteiger partial charge in [-0.3, -0.25) is 14.3 Å². The number of carbonyl (C=O) groups excluding carboxylic acids is 2. The smallest absolute Gasteiger partial charge is 0.276 e. The molecule has 108 valence electrons. The molecular formula is C13H19N5O2. The third-order valence-electron chi connectivity index (χ3n) is 3.86. The number of nitrogen functional groups attached to an aromatic ring is 1. The van der Waals surface area contributed by atoms with Gasteiger partial charge in [-0.1, -0.05) is 0 Å². The van der Waals surface area contributed by atoms with Gasteiger partial charge in [-0.05, 0) is 12.8 Å². The Labute approximate surface area is 117 Å². The molecule has 20 heavy (non-hydrogen) atoms. The van der Waals surface area contributed by atoms with E-state index in [4.69, 9.17) is 5.73 Å². The number of anilines is 1. The van der Waals surface area contributed by atoms with Gasteiger partial charge in [0.15, 0.2) is 5.69 Å². The molecule has 2 amide bonds. The zero-order valence-electron chi connectivity index (χ0n) is 11.6. The van der Waals surface area contributed by atoms with Crippen molar-refractivity contribution in [2.24, 2.45) is 13.0 Å². The van der Waals surface area contributed by atoms with Crippen LogP contribution in [0, 0.1) is 5.92 Å². The largest absolute Gasteiger partial charge is 0.396 e.